The first-order valence-corrected chi connectivity index (χ1v) is 7.94. The zero-order valence-corrected chi connectivity index (χ0v) is 14.5. The molecular weight excluding hydrogens is 334 g/mol. The highest BCUT2D eigenvalue weighted by molar-refractivity contribution is 5.69. The summed E-state index contributed by atoms with van der Waals surface area (Å²) in [5.41, 5.74) is 2.08. The summed E-state index contributed by atoms with van der Waals surface area (Å²) in [6.07, 6.45) is 0. The second kappa shape index (κ2) is 5.74. The molecule has 3 aromatic rings. The van der Waals surface area contributed by atoms with Gasteiger partial charge in [-0.15, -0.1) is 0 Å². The Morgan fingerprint density at radius 1 is 1.19 bits per heavy atom. The van der Waals surface area contributed by atoms with Crippen LogP contribution in [0.5, 0.6) is 11.5 Å². The lowest BCUT2D eigenvalue weighted by atomic mass is 10.1. The summed E-state index contributed by atoms with van der Waals surface area (Å²) in [4.78, 5) is 17.3. The topological polar surface area (TPSA) is 95.0 Å². The van der Waals surface area contributed by atoms with Crippen molar-refractivity contribution in [2.45, 2.75) is 13.8 Å². The molecule has 1 aliphatic heterocycles. The number of benzene rings is 1. The van der Waals surface area contributed by atoms with Crippen LogP contribution in [-0.4, -0.2) is 26.1 Å². The summed E-state index contributed by atoms with van der Waals surface area (Å²) >= 11 is 0. The highest BCUT2D eigenvalue weighted by atomic mass is 16.7. The first kappa shape index (κ1) is 15.9. The maximum absolute atomic E-state index is 12.7. The minimum Gasteiger partial charge on any atom is -0.454 e. The van der Waals surface area contributed by atoms with Gasteiger partial charge in [-0.2, -0.15) is 10.4 Å². The number of fused-ring (bicyclic) bond motifs is 1. The van der Waals surface area contributed by atoms with Gasteiger partial charge >= 0.3 is 0 Å². The van der Waals surface area contributed by atoms with Crippen molar-refractivity contribution in [1.29, 1.82) is 5.26 Å². The predicted molar refractivity (Wildman–Crippen MR) is 92.3 cm³/mol. The first-order chi connectivity index (χ1) is 12.5. The van der Waals surface area contributed by atoms with Gasteiger partial charge in [0, 0.05) is 18.3 Å². The standard InChI is InChI=1S/C18H15N5O3/c1-10-6-11(2)23(21-10)18-20-16(13(8-19)17(24)22(18)3)12-4-5-14-15(7-12)26-9-25-14/h4-7H,9H2,1-3H3. The molecule has 8 nitrogen and oxygen atoms in total. The molecule has 3 heterocycles. The maximum Gasteiger partial charge on any atom is 0.273 e. The minimum atomic E-state index is -0.433. The lowest BCUT2D eigenvalue weighted by molar-refractivity contribution is 0.174. The van der Waals surface area contributed by atoms with Gasteiger partial charge < -0.3 is 9.47 Å². The van der Waals surface area contributed by atoms with Crippen molar-refractivity contribution < 1.29 is 9.47 Å². The normalized spacial score (nSPS) is 12.2. The van der Waals surface area contributed by atoms with Crippen LogP contribution in [0.1, 0.15) is 17.0 Å². The molecule has 0 fully saturated rings. The molecule has 0 unspecified atom stereocenters. The molecule has 0 saturated carbocycles. The van der Waals surface area contributed by atoms with Gasteiger partial charge in [-0.3, -0.25) is 9.36 Å². The van der Waals surface area contributed by atoms with Crippen molar-refractivity contribution in [3.8, 4) is 34.8 Å². The molecule has 0 bridgehead atoms. The SMILES string of the molecule is Cc1cc(C)n(-c2nc(-c3ccc4c(c3)OCO4)c(C#N)c(=O)n2C)n1. The number of aromatic nitrogens is 4. The Hall–Kier alpha value is -3.60. The van der Waals surface area contributed by atoms with Crippen LogP contribution in [0.4, 0.5) is 0 Å². The molecule has 2 aromatic heterocycles. The van der Waals surface area contributed by atoms with Crippen molar-refractivity contribution in [1.82, 2.24) is 19.3 Å². The molecule has 0 radical (unpaired) electrons. The molecule has 0 spiro atoms. The van der Waals surface area contributed by atoms with Gasteiger partial charge in [0.1, 0.15) is 11.6 Å². The average molecular weight is 349 g/mol. The van der Waals surface area contributed by atoms with Crippen molar-refractivity contribution in [3.05, 3.63) is 51.6 Å². The fourth-order valence-electron chi connectivity index (χ4n) is 2.97. The number of aryl methyl sites for hydroxylation is 2. The maximum atomic E-state index is 12.7. The van der Waals surface area contributed by atoms with Gasteiger partial charge in [0.2, 0.25) is 12.7 Å². The summed E-state index contributed by atoms with van der Waals surface area (Å²) in [7, 11) is 1.57. The van der Waals surface area contributed by atoms with Gasteiger partial charge in [-0.05, 0) is 38.1 Å². The van der Waals surface area contributed by atoms with Gasteiger partial charge in [0.25, 0.3) is 5.56 Å². The Labute approximate surface area is 148 Å². The average Bonchev–Trinajstić information content (AvgIpc) is 3.22. The van der Waals surface area contributed by atoms with E-state index in [0.29, 0.717) is 23.0 Å². The number of nitrogens with zero attached hydrogens (tertiary/aromatic N) is 5. The second-order valence-corrected chi connectivity index (χ2v) is 6.02. The van der Waals surface area contributed by atoms with E-state index >= 15 is 0 Å². The Morgan fingerprint density at radius 3 is 2.65 bits per heavy atom. The van der Waals surface area contributed by atoms with E-state index in [-0.39, 0.29) is 18.1 Å². The molecule has 26 heavy (non-hydrogen) atoms. The van der Waals surface area contributed by atoms with Crippen molar-refractivity contribution in [2.24, 2.45) is 7.05 Å². The molecule has 1 aromatic carbocycles. The number of hydrogen-bond donors (Lipinski definition) is 0. The van der Waals surface area contributed by atoms with E-state index in [9.17, 15) is 10.1 Å². The van der Waals surface area contributed by atoms with Crippen LogP contribution < -0.4 is 15.0 Å². The molecule has 1 aliphatic rings. The minimum absolute atomic E-state index is 0.0309. The van der Waals surface area contributed by atoms with E-state index in [0.717, 1.165) is 11.4 Å². The van der Waals surface area contributed by atoms with E-state index in [1.165, 1.54) is 4.57 Å². The molecule has 130 valence electrons. The van der Waals surface area contributed by atoms with Crippen LogP contribution >= 0.6 is 0 Å². The third-order valence-electron chi connectivity index (χ3n) is 4.22. The zero-order chi connectivity index (χ0) is 18.4. The first-order valence-electron chi connectivity index (χ1n) is 7.94. The highest BCUT2D eigenvalue weighted by Crippen LogP contribution is 2.36. The van der Waals surface area contributed by atoms with E-state index in [1.807, 2.05) is 26.0 Å². The lowest BCUT2D eigenvalue weighted by Crippen LogP contribution is -2.27. The summed E-state index contributed by atoms with van der Waals surface area (Å²) in [5, 5.41) is 13.9. The Kier molecular flexibility index (Phi) is 3.51. The zero-order valence-electron chi connectivity index (χ0n) is 14.5. The largest absolute Gasteiger partial charge is 0.454 e. The second-order valence-electron chi connectivity index (χ2n) is 6.02. The number of nitriles is 1. The molecule has 8 heteroatoms. The van der Waals surface area contributed by atoms with Gasteiger partial charge in [-0.25, -0.2) is 9.67 Å². The lowest BCUT2D eigenvalue weighted by Gasteiger charge is -2.12. The summed E-state index contributed by atoms with van der Waals surface area (Å²) in [6, 6.07) is 9.07. The molecule has 0 atom stereocenters. The molecule has 0 N–H and O–H groups in total. The van der Waals surface area contributed by atoms with Crippen LogP contribution in [0.3, 0.4) is 0 Å². The van der Waals surface area contributed by atoms with Crippen molar-refractivity contribution in [2.75, 3.05) is 6.79 Å². The van der Waals surface area contributed by atoms with E-state index in [2.05, 4.69) is 10.1 Å². The number of hydrogen-bond acceptors (Lipinski definition) is 6. The smallest absolute Gasteiger partial charge is 0.273 e. The number of ether oxygens (including phenoxy) is 2. The quantitative estimate of drug-likeness (QED) is 0.701. The highest BCUT2D eigenvalue weighted by Gasteiger charge is 2.21. The van der Waals surface area contributed by atoms with E-state index in [1.54, 1.807) is 29.9 Å². The Morgan fingerprint density at radius 2 is 1.96 bits per heavy atom. The van der Waals surface area contributed by atoms with Crippen molar-refractivity contribution in [3.63, 3.8) is 0 Å². The fraction of sp³-hybridized carbons (Fsp3) is 0.222. The molecule has 0 saturated heterocycles. The third-order valence-corrected chi connectivity index (χ3v) is 4.22. The summed E-state index contributed by atoms with van der Waals surface area (Å²) in [5.74, 6) is 1.52. The summed E-state index contributed by atoms with van der Waals surface area (Å²) in [6.45, 7) is 3.89. The third kappa shape index (κ3) is 2.33. The predicted octanol–water partition coefficient (Wildman–Crippen LogP) is 1.85. The van der Waals surface area contributed by atoms with Gasteiger partial charge in [0.05, 0.1) is 11.4 Å². The fourth-order valence-corrected chi connectivity index (χ4v) is 2.97. The summed E-state index contributed by atoms with van der Waals surface area (Å²) < 4.78 is 13.6. The molecule has 0 amide bonds. The Bertz CT molecular complexity index is 1140. The van der Waals surface area contributed by atoms with Crippen LogP contribution in [0.25, 0.3) is 17.2 Å². The van der Waals surface area contributed by atoms with Gasteiger partial charge in [-0.1, -0.05) is 0 Å². The van der Waals surface area contributed by atoms with E-state index in [4.69, 9.17) is 9.47 Å². The van der Waals surface area contributed by atoms with Crippen LogP contribution in [0.15, 0.2) is 29.1 Å². The molecule has 4 rings (SSSR count). The Balaban J connectivity index is 1.99. The molecular formula is C18H15N5O3. The monoisotopic (exact) mass is 349 g/mol. The van der Waals surface area contributed by atoms with Crippen LogP contribution in [0.2, 0.25) is 0 Å². The van der Waals surface area contributed by atoms with E-state index < -0.39 is 5.56 Å². The van der Waals surface area contributed by atoms with Crippen LogP contribution in [-0.2, 0) is 7.05 Å². The molecule has 0 aliphatic carbocycles. The van der Waals surface area contributed by atoms with Crippen molar-refractivity contribution >= 4 is 0 Å². The van der Waals surface area contributed by atoms with Gasteiger partial charge in [0.15, 0.2) is 11.5 Å². The number of rotatable bonds is 2. The van der Waals surface area contributed by atoms with Crippen LogP contribution in [0, 0.1) is 25.2 Å².